The summed E-state index contributed by atoms with van der Waals surface area (Å²) in [5, 5.41) is 1.97. The molecule has 0 radical (unpaired) electrons. The number of nitrogens with zero attached hydrogens (tertiary/aromatic N) is 2. The van der Waals surface area contributed by atoms with Gasteiger partial charge in [-0.25, -0.2) is 0 Å². The van der Waals surface area contributed by atoms with Gasteiger partial charge in [0.2, 0.25) is 0 Å². The van der Waals surface area contributed by atoms with Gasteiger partial charge in [0, 0.05) is 18.5 Å². The highest BCUT2D eigenvalue weighted by molar-refractivity contribution is 7.12. The van der Waals surface area contributed by atoms with Crippen molar-refractivity contribution in [1.29, 1.82) is 0 Å². The first kappa shape index (κ1) is 15.7. The van der Waals surface area contributed by atoms with E-state index in [1.165, 1.54) is 19.3 Å². The van der Waals surface area contributed by atoms with Crippen molar-refractivity contribution in [2.45, 2.75) is 37.6 Å². The number of carbonyl (C=O) groups excluding carboxylic acids is 1. The highest BCUT2D eigenvalue weighted by Gasteiger charge is 2.39. The smallest absolute Gasteiger partial charge is 0.172 e. The number of likely N-dealkylation sites (N-methyl/N-ethyl adjacent to an activating group) is 2. The molecule has 1 heterocycles. The molecular formula is C16H26N2OS. The molecule has 1 aliphatic carbocycles. The van der Waals surface area contributed by atoms with Crippen molar-refractivity contribution in [3.05, 3.63) is 22.4 Å². The van der Waals surface area contributed by atoms with E-state index in [9.17, 15) is 4.79 Å². The van der Waals surface area contributed by atoms with Gasteiger partial charge in [-0.3, -0.25) is 4.79 Å². The Hall–Kier alpha value is -0.710. The van der Waals surface area contributed by atoms with Gasteiger partial charge in [0.15, 0.2) is 5.78 Å². The maximum absolute atomic E-state index is 11.9. The van der Waals surface area contributed by atoms with E-state index in [0.29, 0.717) is 17.7 Å². The summed E-state index contributed by atoms with van der Waals surface area (Å²) < 4.78 is 0. The largest absolute Gasteiger partial charge is 0.305 e. The fraction of sp³-hybridized carbons (Fsp3) is 0.688. The van der Waals surface area contributed by atoms with E-state index >= 15 is 0 Å². The molecule has 1 saturated carbocycles. The maximum atomic E-state index is 11.9. The second kappa shape index (κ2) is 6.83. The van der Waals surface area contributed by atoms with Gasteiger partial charge in [0.05, 0.1) is 4.88 Å². The van der Waals surface area contributed by atoms with Crippen molar-refractivity contribution in [3.63, 3.8) is 0 Å². The normalized spacial score (nSPS) is 17.4. The van der Waals surface area contributed by atoms with Gasteiger partial charge in [0.25, 0.3) is 0 Å². The molecule has 3 nitrogen and oxygen atoms in total. The van der Waals surface area contributed by atoms with Crippen LogP contribution >= 0.6 is 11.3 Å². The van der Waals surface area contributed by atoms with E-state index in [2.05, 4.69) is 30.9 Å². The summed E-state index contributed by atoms with van der Waals surface area (Å²) in [6, 6.07) is 3.87. The van der Waals surface area contributed by atoms with E-state index in [0.717, 1.165) is 24.4 Å². The Morgan fingerprint density at radius 1 is 1.35 bits per heavy atom. The van der Waals surface area contributed by atoms with E-state index < -0.39 is 0 Å². The minimum atomic E-state index is 0.291. The van der Waals surface area contributed by atoms with Crippen LogP contribution in [0.3, 0.4) is 0 Å². The number of hydrogen-bond acceptors (Lipinski definition) is 4. The first-order valence-corrected chi connectivity index (χ1v) is 8.34. The fourth-order valence-electron chi connectivity index (χ4n) is 2.98. The third-order valence-electron chi connectivity index (χ3n) is 4.54. The molecule has 0 amide bonds. The number of carbonyl (C=O) groups is 1. The molecular weight excluding hydrogens is 268 g/mol. The predicted octanol–water partition coefficient (Wildman–Crippen LogP) is 3.13. The van der Waals surface area contributed by atoms with Crippen LogP contribution in [-0.2, 0) is 0 Å². The van der Waals surface area contributed by atoms with Crippen molar-refractivity contribution < 1.29 is 4.79 Å². The third kappa shape index (κ3) is 3.68. The Kier molecular flexibility index (Phi) is 5.35. The van der Waals surface area contributed by atoms with E-state index in [1.807, 2.05) is 17.5 Å². The van der Waals surface area contributed by atoms with Crippen molar-refractivity contribution in [2.75, 3.05) is 34.2 Å². The lowest BCUT2D eigenvalue weighted by Gasteiger charge is -2.49. The number of rotatable bonds is 8. The summed E-state index contributed by atoms with van der Waals surface area (Å²) in [5.41, 5.74) is 0.381. The molecule has 0 N–H and O–H groups in total. The van der Waals surface area contributed by atoms with Crippen LogP contribution in [0.1, 0.15) is 41.8 Å². The van der Waals surface area contributed by atoms with Crippen LogP contribution in [0.25, 0.3) is 0 Å². The van der Waals surface area contributed by atoms with Crippen molar-refractivity contribution in [1.82, 2.24) is 9.80 Å². The summed E-state index contributed by atoms with van der Waals surface area (Å²) in [6.45, 7) is 2.12. The molecule has 4 heteroatoms. The second-order valence-electron chi connectivity index (χ2n) is 6.21. The molecule has 0 aliphatic heterocycles. The molecule has 1 fully saturated rings. The maximum Gasteiger partial charge on any atom is 0.172 e. The van der Waals surface area contributed by atoms with Gasteiger partial charge in [-0.15, -0.1) is 11.3 Å². The molecule has 112 valence electrons. The lowest BCUT2D eigenvalue weighted by Crippen LogP contribution is -2.56. The Labute approximate surface area is 126 Å². The predicted molar refractivity (Wildman–Crippen MR) is 85.6 cm³/mol. The lowest BCUT2D eigenvalue weighted by molar-refractivity contribution is 0.0275. The van der Waals surface area contributed by atoms with Crippen molar-refractivity contribution in [3.8, 4) is 0 Å². The molecule has 0 saturated heterocycles. The Morgan fingerprint density at radius 3 is 2.60 bits per heavy atom. The van der Waals surface area contributed by atoms with Crippen LogP contribution in [0, 0.1) is 0 Å². The SMILES string of the molecule is CN(CCCC(=O)c1cccs1)CC1(N(C)C)CCC1. The number of Topliss-reactive ketones (excluding diaryl/α,β-unsaturated/α-hetero) is 1. The van der Waals surface area contributed by atoms with Crippen LogP contribution in [0.5, 0.6) is 0 Å². The summed E-state index contributed by atoms with van der Waals surface area (Å²) in [4.78, 5) is 17.6. The summed E-state index contributed by atoms with van der Waals surface area (Å²) in [7, 11) is 6.56. The van der Waals surface area contributed by atoms with Crippen molar-refractivity contribution in [2.24, 2.45) is 0 Å². The standard InChI is InChI=1S/C16H26N2OS/c1-17(2)16(9-6-10-16)13-18(3)11-4-7-14(19)15-8-5-12-20-15/h5,8,12H,4,6-7,9-11,13H2,1-3H3. The molecule has 20 heavy (non-hydrogen) atoms. The van der Waals surface area contributed by atoms with Gasteiger partial charge in [0.1, 0.15) is 0 Å². The monoisotopic (exact) mass is 294 g/mol. The van der Waals surface area contributed by atoms with E-state index in [-0.39, 0.29) is 0 Å². The van der Waals surface area contributed by atoms with Crippen LogP contribution in [0.2, 0.25) is 0 Å². The number of thiophene rings is 1. The average Bonchev–Trinajstić information content (AvgIpc) is 2.87. The zero-order chi connectivity index (χ0) is 14.6. The van der Waals surface area contributed by atoms with Gasteiger partial charge in [-0.05, 0) is 64.8 Å². The molecule has 1 aromatic rings. The van der Waals surface area contributed by atoms with E-state index in [4.69, 9.17) is 0 Å². The van der Waals surface area contributed by atoms with E-state index in [1.54, 1.807) is 11.3 Å². The van der Waals surface area contributed by atoms with Gasteiger partial charge in [-0.2, -0.15) is 0 Å². The van der Waals surface area contributed by atoms with Crippen LogP contribution in [-0.4, -0.2) is 55.4 Å². The summed E-state index contributed by atoms with van der Waals surface area (Å²) in [6.07, 6.45) is 5.58. The first-order valence-electron chi connectivity index (χ1n) is 7.46. The molecule has 0 atom stereocenters. The van der Waals surface area contributed by atoms with Gasteiger partial charge < -0.3 is 9.80 Å². The zero-order valence-corrected chi connectivity index (χ0v) is 13.7. The minimum absolute atomic E-state index is 0.291. The average molecular weight is 294 g/mol. The van der Waals surface area contributed by atoms with Crippen molar-refractivity contribution >= 4 is 17.1 Å². The quantitative estimate of drug-likeness (QED) is 0.688. The van der Waals surface area contributed by atoms with Crippen LogP contribution < -0.4 is 0 Å². The fourth-order valence-corrected chi connectivity index (χ4v) is 3.68. The topological polar surface area (TPSA) is 23.6 Å². The second-order valence-corrected chi connectivity index (χ2v) is 7.16. The number of ketones is 1. The molecule has 0 bridgehead atoms. The molecule has 0 aromatic carbocycles. The van der Waals surface area contributed by atoms with Crippen LogP contribution in [0.4, 0.5) is 0 Å². The molecule has 0 spiro atoms. The summed E-state index contributed by atoms with van der Waals surface area (Å²) >= 11 is 1.55. The molecule has 1 aliphatic rings. The highest BCUT2D eigenvalue weighted by atomic mass is 32.1. The Morgan fingerprint density at radius 2 is 2.10 bits per heavy atom. The highest BCUT2D eigenvalue weighted by Crippen LogP contribution is 2.36. The minimum Gasteiger partial charge on any atom is -0.305 e. The zero-order valence-electron chi connectivity index (χ0n) is 12.9. The number of hydrogen-bond donors (Lipinski definition) is 0. The molecule has 1 aromatic heterocycles. The molecule has 0 unspecified atom stereocenters. The first-order chi connectivity index (χ1) is 9.53. The van der Waals surface area contributed by atoms with Gasteiger partial charge >= 0.3 is 0 Å². The Bertz CT molecular complexity index is 424. The summed E-state index contributed by atoms with van der Waals surface area (Å²) in [5.74, 6) is 0.291. The lowest BCUT2D eigenvalue weighted by atomic mass is 9.75. The third-order valence-corrected chi connectivity index (χ3v) is 5.45. The Balaban J connectivity index is 1.70. The van der Waals surface area contributed by atoms with Gasteiger partial charge in [-0.1, -0.05) is 6.07 Å². The molecule has 2 rings (SSSR count). The van der Waals surface area contributed by atoms with Crippen LogP contribution in [0.15, 0.2) is 17.5 Å².